The van der Waals surface area contributed by atoms with E-state index >= 15 is 0 Å². The Morgan fingerprint density at radius 3 is 2.76 bits per heavy atom. The first kappa shape index (κ1) is 12.9. The molecule has 0 radical (unpaired) electrons. The normalized spacial score (nSPS) is 19.4. The van der Waals surface area contributed by atoms with Crippen LogP contribution in [0, 0.1) is 0 Å². The fraction of sp³-hybridized carbons (Fsp3) is 0.455. The van der Waals surface area contributed by atoms with Crippen molar-refractivity contribution in [2.75, 3.05) is 30.7 Å². The molecule has 1 heterocycles. The van der Waals surface area contributed by atoms with E-state index in [0.717, 1.165) is 16.6 Å². The largest absolute Gasteiger partial charge is 0.383 e. The Morgan fingerprint density at radius 2 is 2.12 bits per heavy atom. The second-order valence-electron chi connectivity index (χ2n) is 3.98. The minimum Gasteiger partial charge on any atom is -0.383 e. The number of benzene rings is 1. The lowest BCUT2D eigenvalue weighted by atomic mass is 10.3. The van der Waals surface area contributed by atoms with E-state index in [2.05, 4.69) is 21.2 Å². The van der Waals surface area contributed by atoms with Crippen molar-refractivity contribution < 1.29 is 8.42 Å². The molecule has 4 nitrogen and oxygen atoms in total. The van der Waals surface area contributed by atoms with Gasteiger partial charge in [0.25, 0.3) is 0 Å². The smallest absolute Gasteiger partial charge is 0.214 e. The number of nitrogens with one attached hydrogen (secondary N) is 1. The maximum absolute atomic E-state index is 11.6. The molecule has 1 aliphatic rings. The Labute approximate surface area is 110 Å². The van der Waals surface area contributed by atoms with Crippen molar-refractivity contribution in [2.45, 2.75) is 6.42 Å². The van der Waals surface area contributed by atoms with Crippen molar-refractivity contribution in [1.29, 1.82) is 0 Å². The molecule has 0 amide bonds. The van der Waals surface area contributed by atoms with Gasteiger partial charge in [-0.15, -0.1) is 0 Å². The molecule has 0 atom stereocenters. The van der Waals surface area contributed by atoms with Crippen molar-refractivity contribution in [3.63, 3.8) is 0 Å². The Balaban J connectivity index is 1.86. The quantitative estimate of drug-likeness (QED) is 0.922. The molecule has 0 spiro atoms. The van der Waals surface area contributed by atoms with Crippen LogP contribution in [0.25, 0.3) is 0 Å². The lowest BCUT2D eigenvalue weighted by molar-refractivity contribution is 0.456. The predicted octanol–water partition coefficient (Wildman–Crippen LogP) is 1.90. The zero-order valence-corrected chi connectivity index (χ0v) is 11.8. The minimum atomic E-state index is -2.97. The average molecular weight is 319 g/mol. The van der Waals surface area contributed by atoms with E-state index < -0.39 is 10.0 Å². The van der Waals surface area contributed by atoms with Gasteiger partial charge in [0, 0.05) is 29.8 Å². The first-order chi connectivity index (χ1) is 8.09. The van der Waals surface area contributed by atoms with Gasteiger partial charge in [-0.05, 0) is 34.5 Å². The zero-order valence-electron chi connectivity index (χ0n) is 9.39. The molecule has 0 saturated carbocycles. The maximum Gasteiger partial charge on any atom is 0.214 e. The molecule has 1 aromatic rings. The molecule has 17 heavy (non-hydrogen) atoms. The Bertz CT molecular complexity index is 490. The van der Waals surface area contributed by atoms with Crippen LogP contribution in [0.4, 0.5) is 5.69 Å². The topological polar surface area (TPSA) is 49.4 Å². The molecule has 1 fully saturated rings. The van der Waals surface area contributed by atoms with Gasteiger partial charge in [0.2, 0.25) is 10.0 Å². The summed E-state index contributed by atoms with van der Waals surface area (Å²) >= 11 is 3.44. The van der Waals surface area contributed by atoms with Crippen LogP contribution < -0.4 is 5.32 Å². The maximum atomic E-state index is 11.6. The summed E-state index contributed by atoms with van der Waals surface area (Å²) in [6, 6.07) is 7.80. The third-order valence-electron chi connectivity index (χ3n) is 2.75. The molecule has 1 aromatic carbocycles. The van der Waals surface area contributed by atoms with E-state index in [-0.39, 0.29) is 0 Å². The Hall–Kier alpha value is -0.590. The number of hydrogen-bond acceptors (Lipinski definition) is 3. The summed E-state index contributed by atoms with van der Waals surface area (Å²) in [6.07, 6.45) is 0.747. The van der Waals surface area contributed by atoms with Crippen LogP contribution in [0.2, 0.25) is 0 Å². The van der Waals surface area contributed by atoms with Gasteiger partial charge in [0.05, 0.1) is 5.75 Å². The highest BCUT2D eigenvalue weighted by Crippen LogP contribution is 2.21. The molecule has 0 aliphatic carbocycles. The van der Waals surface area contributed by atoms with Crippen LogP contribution in [0.5, 0.6) is 0 Å². The molecule has 0 aromatic heterocycles. The molecule has 6 heteroatoms. The molecular weight excluding hydrogens is 304 g/mol. The molecule has 2 rings (SSSR count). The molecule has 1 N–H and O–H groups in total. The Morgan fingerprint density at radius 1 is 1.35 bits per heavy atom. The third-order valence-corrected chi connectivity index (χ3v) is 5.40. The van der Waals surface area contributed by atoms with E-state index in [1.807, 2.05) is 24.3 Å². The number of anilines is 1. The van der Waals surface area contributed by atoms with Gasteiger partial charge < -0.3 is 5.32 Å². The highest BCUT2D eigenvalue weighted by atomic mass is 79.9. The lowest BCUT2D eigenvalue weighted by Crippen LogP contribution is -2.30. The fourth-order valence-electron chi connectivity index (χ4n) is 1.86. The number of hydrogen-bond donors (Lipinski definition) is 1. The zero-order chi connectivity index (χ0) is 12.3. The van der Waals surface area contributed by atoms with E-state index in [1.54, 1.807) is 4.31 Å². The van der Waals surface area contributed by atoms with Gasteiger partial charge in [-0.1, -0.05) is 12.1 Å². The summed E-state index contributed by atoms with van der Waals surface area (Å²) in [6.45, 7) is 1.81. The van der Waals surface area contributed by atoms with Gasteiger partial charge in [0.15, 0.2) is 0 Å². The van der Waals surface area contributed by atoms with E-state index in [9.17, 15) is 8.42 Å². The summed E-state index contributed by atoms with van der Waals surface area (Å²) in [5, 5.41) is 3.22. The van der Waals surface area contributed by atoms with Crippen molar-refractivity contribution >= 4 is 31.6 Å². The summed E-state index contributed by atoms with van der Waals surface area (Å²) in [5.41, 5.74) is 0.990. The van der Waals surface area contributed by atoms with Crippen LogP contribution in [-0.4, -0.2) is 38.1 Å². The molecule has 0 bridgehead atoms. The number of para-hydroxylation sites is 1. The third kappa shape index (κ3) is 3.20. The molecule has 0 unspecified atom stereocenters. The summed E-state index contributed by atoms with van der Waals surface area (Å²) in [5.74, 6) is 0.294. The standard InChI is InChI=1S/C11H15BrN2O2S/c12-10-4-1-2-5-11(10)13-6-8-14-7-3-9-17(14,15)16/h1-2,4-5,13H,3,6-9H2. The van der Waals surface area contributed by atoms with Crippen molar-refractivity contribution in [2.24, 2.45) is 0 Å². The molecule has 94 valence electrons. The number of halogens is 1. The van der Waals surface area contributed by atoms with Crippen LogP contribution in [-0.2, 0) is 10.0 Å². The lowest BCUT2D eigenvalue weighted by Gasteiger charge is -2.15. The minimum absolute atomic E-state index is 0.294. The highest BCUT2D eigenvalue weighted by molar-refractivity contribution is 9.10. The van der Waals surface area contributed by atoms with E-state index in [1.165, 1.54) is 0 Å². The first-order valence-corrected chi connectivity index (χ1v) is 7.96. The van der Waals surface area contributed by atoms with Crippen molar-refractivity contribution in [3.05, 3.63) is 28.7 Å². The average Bonchev–Trinajstić information content (AvgIpc) is 2.61. The van der Waals surface area contributed by atoms with Gasteiger partial charge in [-0.3, -0.25) is 0 Å². The summed E-state index contributed by atoms with van der Waals surface area (Å²) in [4.78, 5) is 0. The number of rotatable bonds is 4. The SMILES string of the molecule is O=S1(=O)CCCN1CCNc1ccccc1Br. The van der Waals surface area contributed by atoms with Gasteiger partial charge in [-0.2, -0.15) is 0 Å². The van der Waals surface area contributed by atoms with Crippen LogP contribution in [0.15, 0.2) is 28.7 Å². The van der Waals surface area contributed by atoms with Crippen LogP contribution >= 0.6 is 15.9 Å². The van der Waals surface area contributed by atoms with Crippen molar-refractivity contribution in [3.8, 4) is 0 Å². The van der Waals surface area contributed by atoms with E-state index in [4.69, 9.17) is 0 Å². The Kier molecular flexibility index (Phi) is 4.06. The first-order valence-electron chi connectivity index (χ1n) is 5.56. The van der Waals surface area contributed by atoms with Crippen LogP contribution in [0.1, 0.15) is 6.42 Å². The van der Waals surface area contributed by atoms with Crippen molar-refractivity contribution in [1.82, 2.24) is 4.31 Å². The second kappa shape index (κ2) is 5.37. The molecular formula is C11H15BrN2O2S. The molecule has 1 aliphatic heterocycles. The number of nitrogens with zero attached hydrogens (tertiary/aromatic N) is 1. The fourth-order valence-corrected chi connectivity index (χ4v) is 3.82. The van der Waals surface area contributed by atoms with Crippen LogP contribution in [0.3, 0.4) is 0 Å². The van der Waals surface area contributed by atoms with E-state index in [0.29, 0.717) is 25.4 Å². The second-order valence-corrected chi connectivity index (χ2v) is 6.92. The predicted molar refractivity (Wildman–Crippen MR) is 72.6 cm³/mol. The highest BCUT2D eigenvalue weighted by Gasteiger charge is 2.27. The summed E-state index contributed by atoms with van der Waals surface area (Å²) in [7, 11) is -2.97. The molecule has 1 saturated heterocycles. The monoisotopic (exact) mass is 318 g/mol. The van der Waals surface area contributed by atoms with Gasteiger partial charge >= 0.3 is 0 Å². The van der Waals surface area contributed by atoms with Gasteiger partial charge in [0.1, 0.15) is 0 Å². The van der Waals surface area contributed by atoms with Gasteiger partial charge in [-0.25, -0.2) is 12.7 Å². The summed E-state index contributed by atoms with van der Waals surface area (Å²) < 4.78 is 25.7. The number of sulfonamides is 1.